The molecule has 1 aromatic heterocycles. The van der Waals surface area contributed by atoms with Crippen molar-refractivity contribution in [1.82, 2.24) is 0 Å². The highest BCUT2D eigenvalue weighted by molar-refractivity contribution is 7.98. The maximum absolute atomic E-state index is 5.92. The molecule has 0 bridgehead atoms. The van der Waals surface area contributed by atoms with Gasteiger partial charge in [-0.2, -0.15) is 0 Å². The summed E-state index contributed by atoms with van der Waals surface area (Å²) in [5.74, 6) is 0. The number of halogens is 1. The standard InChI is InChI=1S/C13H13ClN2S3/c1-18-10-4-2-3-9(12(10)13(15)17)16-7-8-5-6-11(14)19-8/h2-6,16H,7H2,1H3,(H2,15,17). The molecule has 0 atom stereocenters. The molecule has 100 valence electrons. The molecule has 0 aliphatic heterocycles. The molecule has 0 saturated carbocycles. The Morgan fingerprint density at radius 3 is 2.79 bits per heavy atom. The van der Waals surface area contributed by atoms with Gasteiger partial charge in [0.05, 0.1) is 4.34 Å². The first kappa shape index (κ1) is 14.7. The van der Waals surface area contributed by atoms with Gasteiger partial charge in [-0.1, -0.05) is 29.9 Å². The number of thiocarbonyl (C=S) groups is 1. The van der Waals surface area contributed by atoms with Gasteiger partial charge in [-0.25, -0.2) is 0 Å². The van der Waals surface area contributed by atoms with Crippen LogP contribution in [0.1, 0.15) is 10.4 Å². The molecule has 0 fully saturated rings. The summed E-state index contributed by atoms with van der Waals surface area (Å²) in [5.41, 5.74) is 7.70. The lowest BCUT2D eigenvalue weighted by Gasteiger charge is -2.13. The first-order valence-corrected chi connectivity index (χ1v) is 8.39. The third kappa shape index (κ3) is 3.63. The van der Waals surface area contributed by atoms with E-state index >= 15 is 0 Å². The number of nitrogens with two attached hydrogens (primary N) is 1. The van der Waals surface area contributed by atoms with Gasteiger partial charge in [-0.3, -0.25) is 0 Å². The van der Waals surface area contributed by atoms with E-state index in [9.17, 15) is 0 Å². The molecule has 6 heteroatoms. The second-order valence-electron chi connectivity index (χ2n) is 3.81. The Hall–Kier alpha value is -0.750. The van der Waals surface area contributed by atoms with Crippen LogP contribution in [0.15, 0.2) is 35.2 Å². The summed E-state index contributed by atoms with van der Waals surface area (Å²) < 4.78 is 0.796. The van der Waals surface area contributed by atoms with Gasteiger partial charge in [0.2, 0.25) is 0 Å². The fourth-order valence-corrected chi connectivity index (χ4v) is 3.68. The molecule has 19 heavy (non-hydrogen) atoms. The van der Waals surface area contributed by atoms with E-state index in [1.54, 1.807) is 23.1 Å². The molecule has 0 aliphatic carbocycles. The van der Waals surface area contributed by atoms with Crippen LogP contribution in [0.3, 0.4) is 0 Å². The van der Waals surface area contributed by atoms with Crippen LogP contribution in [0.2, 0.25) is 4.34 Å². The highest BCUT2D eigenvalue weighted by Crippen LogP contribution is 2.28. The molecule has 1 heterocycles. The molecule has 2 nitrogen and oxygen atoms in total. The third-order valence-corrected chi connectivity index (χ3v) is 4.79. The molecule has 0 spiro atoms. The number of rotatable bonds is 5. The van der Waals surface area contributed by atoms with Crippen LogP contribution in [0.25, 0.3) is 0 Å². The zero-order valence-electron chi connectivity index (χ0n) is 10.3. The van der Waals surface area contributed by atoms with E-state index < -0.39 is 0 Å². The van der Waals surface area contributed by atoms with Crippen molar-refractivity contribution >= 4 is 57.6 Å². The highest BCUT2D eigenvalue weighted by atomic mass is 35.5. The monoisotopic (exact) mass is 328 g/mol. The molecule has 0 amide bonds. The van der Waals surface area contributed by atoms with Gasteiger partial charge >= 0.3 is 0 Å². The minimum absolute atomic E-state index is 0.414. The van der Waals surface area contributed by atoms with Crippen molar-refractivity contribution in [3.05, 3.63) is 45.1 Å². The fraction of sp³-hybridized carbons (Fsp3) is 0.154. The van der Waals surface area contributed by atoms with Gasteiger partial charge in [0.1, 0.15) is 4.99 Å². The quantitative estimate of drug-likeness (QED) is 0.631. The third-order valence-electron chi connectivity index (χ3n) is 2.57. The van der Waals surface area contributed by atoms with E-state index in [0.29, 0.717) is 11.5 Å². The summed E-state index contributed by atoms with van der Waals surface area (Å²) >= 11 is 14.3. The number of hydrogen-bond donors (Lipinski definition) is 2. The molecule has 0 radical (unpaired) electrons. The molecule has 3 N–H and O–H groups in total. The lowest BCUT2D eigenvalue weighted by molar-refractivity contribution is 1.18. The molecule has 1 aromatic carbocycles. The molecule has 0 unspecified atom stereocenters. The highest BCUT2D eigenvalue weighted by Gasteiger charge is 2.10. The number of benzene rings is 1. The van der Waals surface area contributed by atoms with Crippen LogP contribution in [-0.2, 0) is 6.54 Å². The molecular weight excluding hydrogens is 316 g/mol. The van der Waals surface area contributed by atoms with Crippen LogP contribution < -0.4 is 11.1 Å². The van der Waals surface area contributed by atoms with Crippen molar-refractivity contribution in [2.45, 2.75) is 11.4 Å². The summed E-state index contributed by atoms with van der Waals surface area (Å²) in [6, 6.07) is 9.92. The Morgan fingerprint density at radius 1 is 1.42 bits per heavy atom. The van der Waals surface area contributed by atoms with Crippen molar-refractivity contribution in [3.63, 3.8) is 0 Å². The van der Waals surface area contributed by atoms with Gasteiger partial charge in [0, 0.05) is 27.6 Å². The molecule has 0 aliphatic rings. The SMILES string of the molecule is CSc1cccc(NCc2ccc(Cl)s2)c1C(N)=S. The van der Waals surface area contributed by atoms with Gasteiger partial charge in [0.25, 0.3) is 0 Å². The average Bonchev–Trinajstić information content (AvgIpc) is 2.81. The van der Waals surface area contributed by atoms with Crippen LogP contribution >= 0.6 is 46.9 Å². The normalized spacial score (nSPS) is 10.4. The number of hydrogen-bond acceptors (Lipinski definition) is 4. The van der Waals surface area contributed by atoms with E-state index in [2.05, 4.69) is 5.32 Å². The summed E-state index contributed by atoms with van der Waals surface area (Å²) in [6.07, 6.45) is 2.01. The topological polar surface area (TPSA) is 38.0 Å². The number of thioether (sulfide) groups is 1. The molecule has 2 rings (SSSR count). The fourth-order valence-electron chi connectivity index (χ4n) is 1.73. The average molecular weight is 329 g/mol. The predicted molar refractivity (Wildman–Crippen MR) is 90.8 cm³/mol. The van der Waals surface area contributed by atoms with Crippen LogP contribution in [-0.4, -0.2) is 11.2 Å². The van der Waals surface area contributed by atoms with Crippen LogP contribution in [0.5, 0.6) is 0 Å². The van der Waals surface area contributed by atoms with Crippen molar-refractivity contribution in [2.24, 2.45) is 5.73 Å². The largest absolute Gasteiger partial charge is 0.389 e. The van der Waals surface area contributed by atoms with Gasteiger partial charge < -0.3 is 11.1 Å². The Kier molecular flexibility index (Phi) is 5.10. The summed E-state index contributed by atoms with van der Waals surface area (Å²) in [6.45, 7) is 0.713. The first-order chi connectivity index (χ1) is 9.11. The molecule has 0 saturated heterocycles. The van der Waals surface area contributed by atoms with E-state index in [-0.39, 0.29) is 0 Å². The second kappa shape index (κ2) is 6.61. The Bertz CT molecular complexity index is 595. The van der Waals surface area contributed by atoms with Crippen molar-refractivity contribution in [2.75, 3.05) is 11.6 Å². The zero-order valence-corrected chi connectivity index (χ0v) is 13.5. The smallest absolute Gasteiger partial charge is 0.107 e. The maximum Gasteiger partial charge on any atom is 0.107 e. The van der Waals surface area contributed by atoms with Crippen LogP contribution in [0.4, 0.5) is 5.69 Å². The predicted octanol–water partition coefficient (Wildman–Crippen LogP) is 4.37. The summed E-state index contributed by atoms with van der Waals surface area (Å²) in [4.78, 5) is 2.67. The molecular formula is C13H13ClN2S3. The lowest BCUT2D eigenvalue weighted by Crippen LogP contribution is -2.14. The van der Waals surface area contributed by atoms with E-state index in [4.69, 9.17) is 29.6 Å². The minimum atomic E-state index is 0.414. The Labute approximate surface area is 131 Å². The number of anilines is 1. The Morgan fingerprint density at radius 2 is 2.21 bits per heavy atom. The van der Waals surface area contributed by atoms with Crippen molar-refractivity contribution in [1.29, 1.82) is 0 Å². The van der Waals surface area contributed by atoms with Gasteiger partial charge in [-0.05, 0) is 30.5 Å². The van der Waals surface area contributed by atoms with E-state index in [1.165, 1.54) is 4.88 Å². The van der Waals surface area contributed by atoms with Gasteiger partial charge in [0.15, 0.2) is 0 Å². The van der Waals surface area contributed by atoms with Crippen molar-refractivity contribution in [3.8, 4) is 0 Å². The maximum atomic E-state index is 5.92. The number of thiophene rings is 1. The summed E-state index contributed by atoms with van der Waals surface area (Å²) in [5, 5.41) is 3.37. The van der Waals surface area contributed by atoms with Gasteiger partial charge in [-0.15, -0.1) is 23.1 Å². The van der Waals surface area contributed by atoms with Crippen LogP contribution in [0, 0.1) is 0 Å². The summed E-state index contributed by atoms with van der Waals surface area (Å²) in [7, 11) is 0. The zero-order chi connectivity index (χ0) is 13.8. The Balaban J connectivity index is 2.22. The lowest BCUT2D eigenvalue weighted by atomic mass is 10.1. The van der Waals surface area contributed by atoms with E-state index in [0.717, 1.165) is 20.5 Å². The van der Waals surface area contributed by atoms with E-state index in [1.807, 2.05) is 36.6 Å². The minimum Gasteiger partial charge on any atom is -0.389 e. The van der Waals surface area contributed by atoms with Crippen molar-refractivity contribution < 1.29 is 0 Å². The first-order valence-electron chi connectivity index (χ1n) is 5.56. The molecule has 2 aromatic rings. The second-order valence-corrected chi connectivity index (χ2v) is 6.89. The number of nitrogens with one attached hydrogen (secondary N) is 1.